The van der Waals surface area contributed by atoms with E-state index in [4.69, 9.17) is 9.15 Å². The third-order valence-corrected chi connectivity index (χ3v) is 4.85. The highest BCUT2D eigenvalue weighted by atomic mass is 127. The predicted molar refractivity (Wildman–Crippen MR) is 129 cm³/mol. The molecular formula is C22H34IN5O2. The van der Waals surface area contributed by atoms with Crippen LogP contribution in [0.5, 0.6) is 5.88 Å². The molecule has 2 N–H and O–H groups in total. The summed E-state index contributed by atoms with van der Waals surface area (Å²) in [6, 6.07) is 3.96. The monoisotopic (exact) mass is 527 g/mol. The van der Waals surface area contributed by atoms with E-state index in [0.29, 0.717) is 36.9 Å². The molecule has 0 bridgehead atoms. The average molecular weight is 527 g/mol. The maximum absolute atomic E-state index is 5.92. The van der Waals surface area contributed by atoms with Crippen molar-refractivity contribution in [3.8, 4) is 5.88 Å². The number of hydrogen-bond donors (Lipinski definition) is 2. The lowest BCUT2D eigenvalue weighted by molar-refractivity contribution is 0.201. The Labute approximate surface area is 196 Å². The van der Waals surface area contributed by atoms with Crippen LogP contribution in [0.2, 0.25) is 0 Å². The highest BCUT2D eigenvalue weighted by molar-refractivity contribution is 14.0. The van der Waals surface area contributed by atoms with E-state index >= 15 is 0 Å². The normalized spacial score (nSPS) is 15.0. The van der Waals surface area contributed by atoms with E-state index in [-0.39, 0.29) is 29.4 Å². The molecule has 3 rings (SSSR count). The van der Waals surface area contributed by atoms with Crippen LogP contribution in [0.15, 0.2) is 33.9 Å². The molecule has 0 amide bonds. The molecule has 7 nitrogen and oxygen atoms in total. The molecule has 1 fully saturated rings. The number of ether oxygens (including phenoxy) is 1. The van der Waals surface area contributed by atoms with E-state index in [9.17, 15) is 0 Å². The van der Waals surface area contributed by atoms with Gasteiger partial charge in [0.25, 0.3) is 0 Å². The highest BCUT2D eigenvalue weighted by Crippen LogP contribution is 2.23. The second-order valence-corrected chi connectivity index (χ2v) is 8.45. The number of pyridine rings is 1. The van der Waals surface area contributed by atoms with Gasteiger partial charge in [0.05, 0.1) is 19.3 Å². The van der Waals surface area contributed by atoms with E-state index in [2.05, 4.69) is 46.4 Å². The topological polar surface area (TPSA) is 84.6 Å². The molecular weight excluding hydrogens is 493 g/mol. The molecule has 2 aromatic rings. The number of nitrogens with zero attached hydrogens (tertiary/aromatic N) is 3. The number of aromatic nitrogens is 2. The minimum absolute atomic E-state index is 0. The third kappa shape index (κ3) is 7.45. The van der Waals surface area contributed by atoms with Crippen molar-refractivity contribution in [2.24, 2.45) is 4.99 Å². The number of halogens is 1. The largest absolute Gasteiger partial charge is 0.474 e. The van der Waals surface area contributed by atoms with Crippen LogP contribution >= 0.6 is 24.0 Å². The van der Waals surface area contributed by atoms with Crippen molar-refractivity contribution in [2.45, 2.75) is 78.0 Å². The van der Waals surface area contributed by atoms with Gasteiger partial charge < -0.3 is 19.8 Å². The molecule has 0 aliphatic heterocycles. The smallest absolute Gasteiger partial charge is 0.213 e. The zero-order valence-electron chi connectivity index (χ0n) is 18.4. The van der Waals surface area contributed by atoms with Crippen molar-refractivity contribution in [2.75, 3.05) is 6.54 Å². The van der Waals surface area contributed by atoms with Crippen molar-refractivity contribution >= 4 is 29.9 Å². The number of guanidine groups is 1. The fourth-order valence-corrected chi connectivity index (χ4v) is 3.16. The summed E-state index contributed by atoms with van der Waals surface area (Å²) >= 11 is 0. The minimum atomic E-state index is -0.0511. The fraction of sp³-hybridized carbons (Fsp3) is 0.591. The van der Waals surface area contributed by atoms with Crippen LogP contribution in [0.4, 0.5) is 0 Å². The minimum Gasteiger partial charge on any atom is -0.474 e. The van der Waals surface area contributed by atoms with Gasteiger partial charge in [0.2, 0.25) is 11.8 Å². The summed E-state index contributed by atoms with van der Waals surface area (Å²) in [6.07, 6.45) is 8.72. The molecule has 166 valence electrons. The predicted octanol–water partition coefficient (Wildman–Crippen LogP) is 4.56. The van der Waals surface area contributed by atoms with Gasteiger partial charge in [-0.05, 0) is 38.2 Å². The van der Waals surface area contributed by atoms with E-state index in [1.807, 2.05) is 25.3 Å². The Morgan fingerprint density at radius 3 is 2.53 bits per heavy atom. The Morgan fingerprint density at radius 1 is 1.17 bits per heavy atom. The number of oxazole rings is 1. The van der Waals surface area contributed by atoms with E-state index in [1.54, 1.807) is 6.20 Å². The van der Waals surface area contributed by atoms with Crippen molar-refractivity contribution in [3.63, 3.8) is 0 Å². The molecule has 1 aliphatic carbocycles. The SMILES string of the molecule is CCNC(=NCc1ccc(OC2CCCC2)nc1)NCc1ncc(C(C)(C)C)o1.I. The summed E-state index contributed by atoms with van der Waals surface area (Å²) in [7, 11) is 0. The molecule has 30 heavy (non-hydrogen) atoms. The standard InChI is InChI=1S/C22H33N5O2.HI/c1-5-23-21(27-15-20-25-14-18(29-20)22(2,3)4)26-13-16-10-11-19(24-12-16)28-17-8-6-7-9-17;/h10-12,14,17H,5-9,13,15H2,1-4H3,(H2,23,26,27);1H. The summed E-state index contributed by atoms with van der Waals surface area (Å²) in [5.41, 5.74) is 0.983. The Kier molecular flexibility index (Phi) is 9.38. The second kappa shape index (κ2) is 11.5. The lowest BCUT2D eigenvalue weighted by Gasteiger charge is -2.13. The first kappa shape index (κ1) is 24.4. The van der Waals surface area contributed by atoms with Gasteiger partial charge in [0, 0.05) is 24.2 Å². The maximum atomic E-state index is 5.92. The molecule has 2 aromatic heterocycles. The van der Waals surface area contributed by atoms with Crippen LogP contribution < -0.4 is 15.4 Å². The molecule has 0 radical (unpaired) electrons. The van der Waals surface area contributed by atoms with Crippen LogP contribution in [-0.4, -0.2) is 28.6 Å². The van der Waals surface area contributed by atoms with Gasteiger partial charge in [-0.2, -0.15) is 0 Å². The van der Waals surface area contributed by atoms with E-state index in [1.165, 1.54) is 12.8 Å². The van der Waals surface area contributed by atoms with Crippen LogP contribution in [-0.2, 0) is 18.5 Å². The van der Waals surface area contributed by atoms with Gasteiger partial charge in [-0.3, -0.25) is 0 Å². The molecule has 2 heterocycles. The third-order valence-electron chi connectivity index (χ3n) is 4.85. The van der Waals surface area contributed by atoms with E-state index in [0.717, 1.165) is 30.7 Å². The molecule has 1 aliphatic rings. The van der Waals surface area contributed by atoms with Gasteiger partial charge in [0.15, 0.2) is 5.96 Å². The molecule has 0 atom stereocenters. The second-order valence-electron chi connectivity index (χ2n) is 8.45. The van der Waals surface area contributed by atoms with Gasteiger partial charge in [-0.1, -0.05) is 26.8 Å². The van der Waals surface area contributed by atoms with Crippen molar-refractivity contribution in [3.05, 3.63) is 41.7 Å². The van der Waals surface area contributed by atoms with Crippen molar-refractivity contribution in [1.82, 2.24) is 20.6 Å². The molecule has 0 spiro atoms. The average Bonchev–Trinajstić information content (AvgIpc) is 3.37. The lowest BCUT2D eigenvalue weighted by Crippen LogP contribution is -2.36. The summed E-state index contributed by atoms with van der Waals surface area (Å²) < 4.78 is 11.7. The maximum Gasteiger partial charge on any atom is 0.213 e. The van der Waals surface area contributed by atoms with Gasteiger partial charge in [0.1, 0.15) is 11.9 Å². The first-order valence-electron chi connectivity index (χ1n) is 10.5. The number of rotatable bonds is 7. The first-order chi connectivity index (χ1) is 13.9. The number of aliphatic imine (C=N–C) groups is 1. The zero-order chi connectivity index (χ0) is 20.7. The Balaban J connectivity index is 0.00000320. The summed E-state index contributed by atoms with van der Waals surface area (Å²) in [6.45, 7) is 10.1. The summed E-state index contributed by atoms with van der Waals surface area (Å²) in [4.78, 5) is 13.4. The zero-order valence-corrected chi connectivity index (χ0v) is 20.7. The molecule has 0 saturated heterocycles. The molecule has 8 heteroatoms. The Bertz CT molecular complexity index is 793. The Morgan fingerprint density at radius 2 is 1.93 bits per heavy atom. The molecule has 0 unspecified atom stereocenters. The van der Waals surface area contributed by atoms with Crippen LogP contribution in [0, 0.1) is 0 Å². The quantitative estimate of drug-likeness (QED) is 0.312. The molecule has 1 saturated carbocycles. The van der Waals surface area contributed by atoms with Gasteiger partial charge in [-0.15, -0.1) is 24.0 Å². The van der Waals surface area contributed by atoms with Crippen molar-refractivity contribution in [1.29, 1.82) is 0 Å². The first-order valence-corrected chi connectivity index (χ1v) is 10.5. The lowest BCUT2D eigenvalue weighted by atomic mass is 9.94. The molecule has 0 aromatic carbocycles. The Hall–Kier alpha value is -1.84. The van der Waals surface area contributed by atoms with Crippen LogP contribution in [0.3, 0.4) is 0 Å². The van der Waals surface area contributed by atoms with Crippen LogP contribution in [0.25, 0.3) is 0 Å². The summed E-state index contributed by atoms with van der Waals surface area (Å²) in [5.74, 6) is 2.94. The fourth-order valence-electron chi connectivity index (χ4n) is 3.16. The highest BCUT2D eigenvalue weighted by Gasteiger charge is 2.19. The van der Waals surface area contributed by atoms with E-state index < -0.39 is 0 Å². The van der Waals surface area contributed by atoms with Gasteiger partial charge in [-0.25, -0.2) is 15.0 Å². The van der Waals surface area contributed by atoms with Gasteiger partial charge >= 0.3 is 0 Å². The number of hydrogen-bond acceptors (Lipinski definition) is 5. The van der Waals surface area contributed by atoms with Crippen LogP contribution in [0.1, 0.15) is 70.6 Å². The number of nitrogens with one attached hydrogen (secondary N) is 2. The van der Waals surface area contributed by atoms with Crippen molar-refractivity contribution < 1.29 is 9.15 Å². The summed E-state index contributed by atoms with van der Waals surface area (Å²) in [5, 5.41) is 6.51.